The van der Waals surface area contributed by atoms with E-state index in [1.807, 2.05) is 31.2 Å². The molecule has 5 heteroatoms. The Labute approximate surface area is 123 Å². The molecule has 1 rings (SSSR count). The van der Waals surface area contributed by atoms with Crippen molar-refractivity contribution < 1.29 is 8.42 Å². The maximum Gasteiger partial charge on any atom is 0.232 e. The maximum atomic E-state index is 12.1. The second-order valence-corrected chi connectivity index (χ2v) is 6.73. The topological polar surface area (TPSA) is 58.2 Å². The molecule has 4 nitrogen and oxygen atoms in total. The maximum absolute atomic E-state index is 12.1. The molecule has 0 aromatic heterocycles. The largest absolute Gasteiger partial charge is 0.317 e. The van der Waals surface area contributed by atoms with Crippen molar-refractivity contribution in [3.63, 3.8) is 0 Å². The second-order valence-electron chi connectivity index (χ2n) is 4.89. The van der Waals surface area contributed by atoms with Crippen LogP contribution in [0.3, 0.4) is 0 Å². The first kappa shape index (κ1) is 17.0. The lowest BCUT2D eigenvalue weighted by molar-refractivity contribution is 0.593. The van der Waals surface area contributed by atoms with Crippen molar-refractivity contribution in [2.75, 3.05) is 23.6 Å². The molecule has 0 amide bonds. The highest BCUT2D eigenvalue weighted by Gasteiger charge is 2.12. The Bertz CT molecular complexity index is 486. The Morgan fingerprint density at radius 2 is 1.85 bits per heavy atom. The molecule has 0 heterocycles. The lowest BCUT2D eigenvalue weighted by atomic mass is 10.1. The van der Waals surface area contributed by atoms with Crippen LogP contribution in [0.2, 0.25) is 0 Å². The molecule has 0 spiro atoms. The zero-order chi connectivity index (χ0) is 14.8. The van der Waals surface area contributed by atoms with Gasteiger partial charge in [-0.15, -0.1) is 0 Å². The van der Waals surface area contributed by atoms with E-state index >= 15 is 0 Å². The second kappa shape index (κ2) is 8.97. The number of aryl methyl sites for hydroxylation is 1. The van der Waals surface area contributed by atoms with Crippen LogP contribution in [0, 0.1) is 0 Å². The van der Waals surface area contributed by atoms with Gasteiger partial charge in [-0.25, -0.2) is 8.42 Å². The minimum Gasteiger partial charge on any atom is -0.317 e. The molecule has 0 saturated carbocycles. The predicted octanol–water partition coefficient (Wildman–Crippen LogP) is 2.77. The minimum atomic E-state index is -3.24. The summed E-state index contributed by atoms with van der Waals surface area (Å²) in [6, 6.07) is 7.62. The van der Waals surface area contributed by atoms with Gasteiger partial charge in [0.05, 0.1) is 11.4 Å². The third-order valence-corrected chi connectivity index (χ3v) is 4.43. The number of hydrogen-bond acceptors (Lipinski definition) is 3. The molecule has 0 aliphatic carbocycles. The SMILES string of the molecule is CCCc1ccccc1NS(=O)(=O)CCCCNCC. The molecule has 20 heavy (non-hydrogen) atoms. The van der Waals surface area contributed by atoms with Crippen LogP contribution in [0.1, 0.15) is 38.7 Å². The summed E-state index contributed by atoms with van der Waals surface area (Å²) in [5.41, 5.74) is 1.78. The zero-order valence-corrected chi connectivity index (χ0v) is 13.3. The third-order valence-electron chi connectivity index (χ3n) is 3.07. The van der Waals surface area contributed by atoms with Gasteiger partial charge < -0.3 is 5.32 Å². The Hall–Kier alpha value is -1.07. The first-order chi connectivity index (χ1) is 9.59. The highest BCUT2D eigenvalue weighted by molar-refractivity contribution is 7.92. The van der Waals surface area contributed by atoms with Crippen LogP contribution in [-0.4, -0.2) is 27.3 Å². The normalized spacial score (nSPS) is 11.5. The summed E-state index contributed by atoms with van der Waals surface area (Å²) in [4.78, 5) is 0. The number of rotatable bonds is 10. The number of benzene rings is 1. The van der Waals surface area contributed by atoms with E-state index in [0.29, 0.717) is 6.42 Å². The molecule has 0 radical (unpaired) electrons. The minimum absolute atomic E-state index is 0.179. The van der Waals surface area contributed by atoms with Gasteiger partial charge in [-0.2, -0.15) is 0 Å². The first-order valence-electron chi connectivity index (χ1n) is 7.38. The lowest BCUT2D eigenvalue weighted by Crippen LogP contribution is -2.19. The molecule has 0 aliphatic heterocycles. The van der Waals surface area contributed by atoms with Gasteiger partial charge >= 0.3 is 0 Å². The molecule has 0 unspecified atom stereocenters. The van der Waals surface area contributed by atoms with Crippen LogP contribution < -0.4 is 10.0 Å². The van der Waals surface area contributed by atoms with Gasteiger partial charge in [0, 0.05) is 0 Å². The molecule has 1 aromatic rings. The summed E-state index contributed by atoms with van der Waals surface area (Å²) in [5.74, 6) is 0.179. The summed E-state index contributed by atoms with van der Waals surface area (Å²) < 4.78 is 26.8. The average Bonchev–Trinajstić information content (AvgIpc) is 2.41. The van der Waals surface area contributed by atoms with E-state index in [-0.39, 0.29) is 5.75 Å². The quantitative estimate of drug-likeness (QED) is 0.653. The van der Waals surface area contributed by atoms with Crippen LogP contribution in [0.15, 0.2) is 24.3 Å². The first-order valence-corrected chi connectivity index (χ1v) is 9.03. The van der Waals surface area contributed by atoms with E-state index < -0.39 is 10.0 Å². The van der Waals surface area contributed by atoms with Crippen molar-refractivity contribution in [3.8, 4) is 0 Å². The van der Waals surface area contributed by atoms with E-state index in [0.717, 1.165) is 43.6 Å². The van der Waals surface area contributed by atoms with Gasteiger partial charge in [-0.3, -0.25) is 4.72 Å². The van der Waals surface area contributed by atoms with Crippen molar-refractivity contribution in [1.29, 1.82) is 0 Å². The summed E-state index contributed by atoms with van der Waals surface area (Å²) in [6.45, 7) is 5.93. The molecule has 0 saturated heterocycles. The summed E-state index contributed by atoms with van der Waals surface area (Å²) >= 11 is 0. The number of sulfonamides is 1. The van der Waals surface area contributed by atoms with Crippen LogP contribution in [0.25, 0.3) is 0 Å². The van der Waals surface area contributed by atoms with Gasteiger partial charge in [0.1, 0.15) is 0 Å². The smallest absolute Gasteiger partial charge is 0.232 e. The Kier molecular flexibility index (Phi) is 7.62. The third kappa shape index (κ3) is 6.39. The molecular formula is C15H26N2O2S. The monoisotopic (exact) mass is 298 g/mol. The van der Waals surface area contributed by atoms with Crippen LogP contribution in [-0.2, 0) is 16.4 Å². The number of anilines is 1. The van der Waals surface area contributed by atoms with Crippen molar-refractivity contribution in [1.82, 2.24) is 5.32 Å². The van der Waals surface area contributed by atoms with Crippen molar-refractivity contribution in [2.24, 2.45) is 0 Å². The molecule has 114 valence electrons. The summed E-state index contributed by atoms with van der Waals surface area (Å²) in [5, 5.41) is 3.19. The predicted molar refractivity (Wildman–Crippen MR) is 85.6 cm³/mol. The molecule has 2 N–H and O–H groups in total. The molecule has 1 aromatic carbocycles. The van der Waals surface area contributed by atoms with E-state index in [9.17, 15) is 8.42 Å². The van der Waals surface area contributed by atoms with Gasteiger partial charge in [0.25, 0.3) is 0 Å². The average molecular weight is 298 g/mol. The standard InChI is InChI=1S/C15H26N2O2S/c1-3-9-14-10-5-6-11-15(14)17-20(18,19)13-8-7-12-16-4-2/h5-6,10-11,16-17H,3-4,7-9,12-13H2,1-2H3. The highest BCUT2D eigenvalue weighted by atomic mass is 32.2. The molecule has 0 atom stereocenters. The fourth-order valence-corrected chi connectivity index (χ4v) is 3.27. The van der Waals surface area contributed by atoms with E-state index in [2.05, 4.69) is 17.0 Å². The van der Waals surface area contributed by atoms with Gasteiger partial charge in [-0.1, -0.05) is 38.5 Å². The number of hydrogen-bond donors (Lipinski definition) is 2. The fraction of sp³-hybridized carbons (Fsp3) is 0.600. The Morgan fingerprint density at radius 1 is 1.10 bits per heavy atom. The molecular weight excluding hydrogens is 272 g/mol. The summed E-state index contributed by atoms with van der Waals surface area (Å²) in [7, 11) is -3.24. The van der Waals surface area contributed by atoms with E-state index in [1.54, 1.807) is 0 Å². The van der Waals surface area contributed by atoms with E-state index in [1.165, 1.54) is 0 Å². The van der Waals surface area contributed by atoms with Crippen molar-refractivity contribution in [3.05, 3.63) is 29.8 Å². The van der Waals surface area contributed by atoms with Crippen LogP contribution in [0.5, 0.6) is 0 Å². The molecule has 0 fully saturated rings. The Morgan fingerprint density at radius 3 is 2.55 bits per heavy atom. The molecule has 0 bridgehead atoms. The van der Waals surface area contributed by atoms with Gasteiger partial charge in [-0.05, 0) is 44.0 Å². The summed E-state index contributed by atoms with van der Waals surface area (Å²) in [6.07, 6.45) is 3.45. The van der Waals surface area contributed by atoms with Gasteiger partial charge in [0.2, 0.25) is 10.0 Å². The lowest BCUT2D eigenvalue weighted by Gasteiger charge is -2.12. The number of para-hydroxylation sites is 1. The fourth-order valence-electron chi connectivity index (χ4n) is 2.04. The van der Waals surface area contributed by atoms with Crippen LogP contribution >= 0.6 is 0 Å². The zero-order valence-electron chi connectivity index (χ0n) is 12.5. The van der Waals surface area contributed by atoms with Crippen molar-refractivity contribution >= 4 is 15.7 Å². The van der Waals surface area contributed by atoms with Crippen molar-refractivity contribution in [2.45, 2.75) is 39.5 Å². The number of nitrogens with one attached hydrogen (secondary N) is 2. The Balaban J connectivity index is 2.53. The van der Waals surface area contributed by atoms with E-state index in [4.69, 9.17) is 0 Å². The number of unbranched alkanes of at least 4 members (excludes halogenated alkanes) is 1. The van der Waals surface area contributed by atoms with Crippen LogP contribution in [0.4, 0.5) is 5.69 Å². The molecule has 0 aliphatic rings. The van der Waals surface area contributed by atoms with Gasteiger partial charge in [0.15, 0.2) is 0 Å². The highest BCUT2D eigenvalue weighted by Crippen LogP contribution is 2.18.